The van der Waals surface area contributed by atoms with Crippen LogP contribution in [0.2, 0.25) is 0 Å². The van der Waals surface area contributed by atoms with Gasteiger partial charge in [-0.2, -0.15) is 0 Å². The highest BCUT2D eigenvalue weighted by Crippen LogP contribution is 2.54. The summed E-state index contributed by atoms with van der Waals surface area (Å²) in [6, 6.07) is 4.73. The second-order valence-electron chi connectivity index (χ2n) is 7.91. The van der Waals surface area contributed by atoms with Crippen LogP contribution in [0.25, 0.3) is 0 Å². The summed E-state index contributed by atoms with van der Waals surface area (Å²) in [5.41, 5.74) is 1.85. The molecule has 5 atom stereocenters. The Kier molecular flexibility index (Phi) is 4.62. The number of benzene rings is 1. The van der Waals surface area contributed by atoms with E-state index in [1.54, 1.807) is 0 Å². The number of likely N-dealkylation sites (tertiary alicyclic amines) is 1. The van der Waals surface area contributed by atoms with Gasteiger partial charge < -0.3 is 5.32 Å². The zero-order chi connectivity index (χ0) is 21.7. The van der Waals surface area contributed by atoms with E-state index in [-0.39, 0.29) is 35.8 Å². The van der Waals surface area contributed by atoms with Crippen molar-refractivity contribution in [3.63, 3.8) is 0 Å². The standard InChI is InChI=1S/C20H17N5O5S/c26-15(22-20-23-21-9-31-20)8-14(10-3-5-13(6-4-10)25(29)30)24-18(27)16-11-1-2-12(7-11)17(16)19(24)28/h1-6,9,11-12,14,16-17H,7-8H2,(H,22,23,26). The number of imide groups is 1. The van der Waals surface area contributed by atoms with Crippen molar-refractivity contribution in [3.05, 3.63) is 57.6 Å². The van der Waals surface area contributed by atoms with E-state index in [1.807, 2.05) is 12.2 Å². The van der Waals surface area contributed by atoms with E-state index in [2.05, 4.69) is 15.5 Å². The maximum Gasteiger partial charge on any atom is 0.269 e. The SMILES string of the molecule is O=C(CC(c1ccc([N+](=O)[O-])cc1)N1C(=O)C2C3C=CC(C3)C2C1=O)Nc1nncs1. The predicted molar refractivity (Wildman–Crippen MR) is 109 cm³/mol. The van der Waals surface area contributed by atoms with Crippen LogP contribution in [0.3, 0.4) is 0 Å². The van der Waals surface area contributed by atoms with E-state index in [4.69, 9.17) is 0 Å². The fourth-order valence-electron chi connectivity index (χ4n) is 4.98. The molecule has 2 bridgehead atoms. The van der Waals surface area contributed by atoms with Gasteiger partial charge in [-0.05, 0) is 23.8 Å². The monoisotopic (exact) mass is 439 g/mol. The average Bonchev–Trinajstić information content (AvgIpc) is 3.53. The molecule has 1 aromatic carbocycles. The topological polar surface area (TPSA) is 135 Å². The van der Waals surface area contributed by atoms with Crippen LogP contribution in [-0.4, -0.2) is 37.7 Å². The molecule has 2 fully saturated rings. The van der Waals surface area contributed by atoms with Crippen molar-refractivity contribution in [2.75, 3.05) is 5.32 Å². The Morgan fingerprint density at radius 3 is 2.39 bits per heavy atom. The van der Waals surface area contributed by atoms with Gasteiger partial charge in [-0.25, -0.2) is 0 Å². The fourth-order valence-corrected chi connectivity index (χ4v) is 5.44. The van der Waals surface area contributed by atoms with Gasteiger partial charge in [-0.15, -0.1) is 10.2 Å². The molecule has 5 unspecified atom stereocenters. The normalized spacial score (nSPS) is 26.9. The lowest BCUT2D eigenvalue weighted by Crippen LogP contribution is -2.38. The predicted octanol–water partition coefficient (Wildman–Crippen LogP) is 2.32. The molecule has 2 aromatic rings. The zero-order valence-corrected chi connectivity index (χ0v) is 16.9. The number of nitrogens with one attached hydrogen (secondary N) is 1. The summed E-state index contributed by atoms with van der Waals surface area (Å²) in [6.07, 6.45) is 4.63. The lowest BCUT2D eigenvalue weighted by Gasteiger charge is -2.27. The number of hydrogen-bond donors (Lipinski definition) is 1. The molecule has 1 aromatic heterocycles. The first-order valence-corrected chi connectivity index (χ1v) is 10.7. The summed E-state index contributed by atoms with van der Waals surface area (Å²) in [6.45, 7) is 0. The summed E-state index contributed by atoms with van der Waals surface area (Å²) in [5, 5.41) is 21.4. The van der Waals surface area contributed by atoms with Crippen molar-refractivity contribution in [3.8, 4) is 0 Å². The highest BCUT2D eigenvalue weighted by molar-refractivity contribution is 7.13. The lowest BCUT2D eigenvalue weighted by molar-refractivity contribution is -0.384. The van der Waals surface area contributed by atoms with Gasteiger partial charge in [0.15, 0.2) is 0 Å². The first-order valence-electron chi connectivity index (χ1n) is 9.79. The van der Waals surface area contributed by atoms with Gasteiger partial charge in [0.05, 0.1) is 29.2 Å². The summed E-state index contributed by atoms with van der Waals surface area (Å²) in [4.78, 5) is 50.9. The fraction of sp³-hybridized carbons (Fsp3) is 0.350. The van der Waals surface area contributed by atoms with E-state index in [1.165, 1.54) is 34.7 Å². The third-order valence-electron chi connectivity index (χ3n) is 6.29. The summed E-state index contributed by atoms with van der Waals surface area (Å²) in [5.74, 6) is -1.69. The minimum atomic E-state index is -0.862. The molecular weight excluding hydrogens is 422 g/mol. The van der Waals surface area contributed by atoms with Crippen molar-refractivity contribution in [1.82, 2.24) is 15.1 Å². The minimum absolute atomic E-state index is 0.0455. The molecule has 31 heavy (non-hydrogen) atoms. The number of nitrogens with zero attached hydrogens (tertiary/aromatic N) is 4. The number of non-ortho nitro benzene ring substituents is 1. The van der Waals surface area contributed by atoms with E-state index in [0.29, 0.717) is 10.7 Å². The van der Waals surface area contributed by atoms with Crippen LogP contribution >= 0.6 is 11.3 Å². The van der Waals surface area contributed by atoms with Crippen LogP contribution in [0.1, 0.15) is 24.4 Å². The van der Waals surface area contributed by atoms with Crippen molar-refractivity contribution in [2.24, 2.45) is 23.7 Å². The Labute approximate surface area is 180 Å². The van der Waals surface area contributed by atoms with Gasteiger partial charge in [0.2, 0.25) is 22.9 Å². The number of anilines is 1. The summed E-state index contributed by atoms with van der Waals surface area (Å²) in [7, 11) is 0. The number of allylic oxidation sites excluding steroid dienone is 2. The third-order valence-corrected chi connectivity index (χ3v) is 6.90. The van der Waals surface area contributed by atoms with Crippen molar-refractivity contribution in [1.29, 1.82) is 0 Å². The van der Waals surface area contributed by atoms with Crippen molar-refractivity contribution < 1.29 is 19.3 Å². The van der Waals surface area contributed by atoms with Crippen LogP contribution < -0.4 is 5.32 Å². The maximum absolute atomic E-state index is 13.3. The first kappa shape index (κ1) is 19.5. The Bertz CT molecular complexity index is 1070. The number of carbonyl (C=O) groups excluding carboxylic acids is 3. The Hall–Kier alpha value is -3.47. The van der Waals surface area contributed by atoms with Crippen molar-refractivity contribution in [2.45, 2.75) is 18.9 Å². The first-order chi connectivity index (χ1) is 14.9. The number of nitro groups is 1. The Balaban J connectivity index is 1.46. The average molecular weight is 439 g/mol. The highest BCUT2D eigenvalue weighted by atomic mass is 32.1. The van der Waals surface area contributed by atoms with Gasteiger partial charge in [0.25, 0.3) is 5.69 Å². The molecule has 0 radical (unpaired) electrons. The number of rotatable bonds is 6. The van der Waals surface area contributed by atoms with E-state index < -0.39 is 28.7 Å². The summed E-state index contributed by atoms with van der Waals surface area (Å²) < 4.78 is 0. The molecule has 1 N–H and O–H groups in total. The second-order valence-corrected chi connectivity index (χ2v) is 8.74. The molecule has 2 aliphatic carbocycles. The zero-order valence-electron chi connectivity index (χ0n) is 16.1. The molecule has 3 aliphatic rings. The number of fused-ring (bicyclic) bond motifs is 5. The van der Waals surface area contributed by atoms with Crippen LogP contribution in [-0.2, 0) is 14.4 Å². The minimum Gasteiger partial charge on any atom is -0.300 e. The largest absolute Gasteiger partial charge is 0.300 e. The Morgan fingerprint density at radius 1 is 1.19 bits per heavy atom. The number of nitro benzene ring substituents is 1. The van der Waals surface area contributed by atoms with E-state index in [9.17, 15) is 24.5 Å². The number of amides is 3. The molecule has 3 amide bonds. The molecule has 5 rings (SSSR count). The molecule has 2 heterocycles. The number of hydrogen-bond acceptors (Lipinski definition) is 8. The quantitative estimate of drug-likeness (QED) is 0.316. The highest BCUT2D eigenvalue weighted by Gasteiger charge is 2.60. The smallest absolute Gasteiger partial charge is 0.269 e. The van der Waals surface area contributed by atoms with Gasteiger partial charge in [-0.1, -0.05) is 35.6 Å². The molecular formula is C20H17N5O5S. The summed E-state index contributed by atoms with van der Waals surface area (Å²) >= 11 is 1.15. The van der Waals surface area contributed by atoms with E-state index >= 15 is 0 Å². The molecule has 1 saturated heterocycles. The molecule has 0 spiro atoms. The number of carbonyl (C=O) groups is 3. The van der Waals surface area contributed by atoms with Crippen LogP contribution in [0.5, 0.6) is 0 Å². The lowest BCUT2D eigenvalue weighted by atomic mass is 9.85. The Morgan fingerprint density at radius 2 is 1.84 bits per heavy atom. The molecule has 11 heteroatoms. The van der Waals surface area contributed by atoms with E-state index in [0.717, 1.165) is 17.8 Å². The molecule has 10 nitrogen and oxygen atoms in total. The molecule has 1 aliphatic heterocycles. The molecule has 158 valence electrons. The van der Waals surface area contributed by atoms with Crippen molar-refractivity contribution >= 4 is 39.9 Å². The van der Waals surface area contributed by atoms with Gasteiger partial charge in [0.1, 0.15) is 5.51 Å². The van der Waals surface area contributed by atoms with Crippen LogP contribution in [0.15, 0.2) is 41.9 Å². The van der Waals surface area contributed by atoms with Crippen LogP contribution in [0.4, 0.5) is 10.8 Å². The molecule has 1 saturated carbocycles. The third kappa shape index (κ3) is 3.21. The number of aromatic nitrogens is 2. The second kappa shape index (κ2) is 7.34. The van der Waals surface area contributed by atoms with Gasteiger partial charge in [-0.3, -0.25) is 29.4 Å². The van der Waals surface area contributed by atoms with Gasteiger partial charge >= 0.3 is 0 Å². The van der Waals surface area contributed by atoms with Gasteiger partial charge in [0, 0.05) is 12.1 Å². The maximum atomic E-state index is 13.3. The van der Waals surface area contributed by atoms with Crippen LogP contribution in [0, 0.1) is 33.8 Å².